The summed E-state index contributed by atoms with van der Waals surface area (Å²) in [5.41, 5.74) is -0.125. The topological polar surface area (TPSA) is 77.8 Å². The first-order chi connectivity index (χ1) is 11.6. The molecular weight excluding hydrogens is 334 g/mol. The van der Waals surface area contributed by atoms with Crippen molar-refractivity contribution in [2.75, 3.05) is 19.8 Å². The minimum atomic E-state index is -0.502. The predicted octanol–water partition coefficient (Wildman–Crippen LogP) is 3.74. The summed E-state index contributed by atoms with van der Waals surface area (Å²) < 4.78 is 15.7. The van der Waals surface area contributed by atoms with Crippen LogP contribution in [0.1, 0.15) is 26.2 Å². The molecule has 0 unspecified atom stereocenters. The number of hydrogen-bond donors (Lipinski definition) is 1. The Morgan fingerprint density at radius 1 is 1.29 bits per heavy atom. The molecule has 1 aromatic carbocycles. The van der Waals surface area contributed by atoms with Crippen LogP contribution in [0.15, 0.2) is 33.5 Å². The molecule has 2 aromatic rings. The van der Waals surface area contributed by atoms with Crippen molar-refractivity contribution < 1.29 is 18.7 Å². The molecule has 0 spiro atoms. The maximum absolute atomic E-state index is 11.6. The monoisotopic (exact) mass is 353 g/mol. The maximum Gasteiger partial charge on any atom is 0.407 e. The first kappa shape index (κ1) is 18.1. The van der Waals surface area contributed by atoms with Gasteiger partial charge >= 0.3 is 11.7 Å². The summed E-state index contributed by atoms with van der Waals surface area (Å²) in [6.07, 6.45) is 1.95. The fourth-order valence-electron chi connectivity index (χ4n) is 2.06. The lowest BCUT2D eigenvalue weighted by molar-refractivity contribution is 0.144. The molecule has 6 nitrogen and oxygen atoms in total. The highest BCUT2D eigenvalue weighted by Crippen LogP contribution is 2.30. The van der Waals surface area contributed by atoms with E-state index in [-0.39, 0.29) is 0 Å². The van der Waals surface area contributed by atoms with E-state index in [0.717, 1.165) is 12.8 Å². The van der Waals surface area contributed by atoms with Crippen molar-refractivity contribution in [1.82, 2.24) is 5.32 Å². The summed E-state index contributed by atoms with van der Waals surface area (Å²) in [5, 5.41) is 3.65. The predicted molar refractivity (Wildman–Crippen MR) is 91.9 cm³/mol. The number of fused-ring (bicyclic) bond motifs is 1. The number of ether oxygens (including phenoxy) is 2. The van der Waals surface area contributed by atoms with Crippen LogP contribution in [0, 0.1) is 0 Å². The number of carbonyl (C=O) groups excluding carboxylic acids is 1. The van der Waals surface area contributed by atoms with Crippen molar-refractivity contribution in [2.24, 2.45) is 0 Å². The number of alkyl carbamates (subject to hydrolysis) is 1. The molecule has 0 atom stereocenters. The van der Waals surface area contributed by atoms with Crippen LogP contribution in [0.25, 0.3) is 11.0 Å². The molecule has 1 amide bonds. The summed E-state index contributed by atoms with van der Waals surface area (Å²) in [4.78, 5) is 22.9. The van der Waals surface area contributed by atoms with Gasteiger partial charge in [0.15, 0.2) is 0 Å². The average Bonchev–Trinajstić information content (AvgIpc) is 2.54. The Bertz CT molecular complexity index is 743. The molecule has 0 saturated heterocycles. The zero-order chi connectivity index (χ0) is 17.4. The third-order valence-electron chi connectivity index (χ3n) is 3.26. The minimum absolute atomic E-state index is 0.318. The molecule has 2 rings (SSSR count). The van der Waals surface area contributed by atoms with E-state index in [1.54, 1.807) is 18.2 Å². The third-order valence-corrected chi connectivity index (χ3v) is 3.58. The number of amides is 1. The number of hydrogen-bond acceptors (Lipinski definition) is 5. The molecule has 1 N–H and O–H groups in total. The van der Waals surface area contributed by atoms with Gasteiger partial charge in [-0.1, -0.05) is 31.0 Å². The van der Waals surface area contributed by atoms with Crippen LogP contribution >= 0.6 is 11.6 Å². The van der Waals surface area contributed by atoms with Gasteiger partial charge in [0.25, 0.3) is 0 Å². The van der Waals surface area contributed by atoms with Gasteiger partial charge in [0, 0.05) is 6.54 Å². The van der Waals surface area contributed by atoms with Crippen LogP contribution in [0.5, 0.6) is 5.75 Å². The van der Waals surface area contributed by atoms with E-state index in [9.17, 15) is 9.59 Å². The maximum atomic E-state index is 11.6. The van der Waals surface area contributed by atoms with Crippen LogP contribution in [-0.2, 0) is 4.74 Å². The molecule has 0 aliphatic carbocycles. The second-order valence-electron chi connectivity index (χ2n) is 5.16. The summed E-state index contributed by atoms with van der Waals surface area (Å²) in [6.45, 7) is 3.18. The van der Waals surface area contributed by atoms with Crippen molar-refractivity contribution in [2.45, 2.75) is 26.2 Å². The van der Waals surface area contributed by atoms with E-state index in [1.807, 2.05) is 6.92 Å². The summed E-state index contributed by atoms with van der Waals surface area (Å²) in [7, 11) is 0. The Morgan fingerprint density at radius 3 is 2.92 bits per heavy atom. The lowest BCUT2D eigenvalue weighted by atomic mass is 10.2. The molecule has 1 aromatic heterocycles. The third kappa shape index (κ3) is 5.16. The highest BCUT2D eigenvalue weighted by Gasteiger charge is 2.10. The highest BCUT2D eigenvalue weighted by atomic mass is 35.5. The number of benzene rings is 1. The number of rotatable bonds is 8. The molecule has 0 radical (unpaired) electrons. The number of unbranched alkanes of at least 4 members (excludes halogenated alkanes) is 1. The highest BCUT2D eigenvalue weighted by molar-refractivity contribution is 6.35. The molecule has 130 valence electrons. The van der Waals surface area contributed by atoms with Gasteiger partial charge < -0.3 is 19.2 Å². The molecular formula is C17H20ClNO5. The summed E-state index contributed by atoms with van der Waals surface area (Å²) >= 11 is 6.14. The Balaban J connectivity index is 1.84. The second-order valence-corrected chi connectivity index (χ2v) is 5.57. The fourth-order valence-corrected chi connectivity index (χ4v) is 2.32. The standard InChI is InChI=1S/C17H20ClNO5/c1-2-3-9-23-17(21)19-8-5-10-22-14-11-15(20)24-13-7-4-6-12(18)16(13)14/h4,6-7,11H,2-3,5,8-10H2,1H3,(H,19,21). The normalized spacial score (nSPS) is 10.6. The van der Waals surface area contributed by atoms with Gasteiger partial charge in [-0.25, -0.2) is 9.59 Å². The molecule has 0 aliphatic rings. The molecule has 24 heavy (non-hydrogen) atoms. The fraction of sp³-hybridized carbons (Fsp3) is 0.412. The van der Waals surface area contributed by atoms with E-state index in [2.05, 4.69) is 5.32 Å². The van der Waals surface area contributed by atoms with Crippen molar-refractivity contribution in [3.05, 3.63) is 39.7 Å². The van der Waals surface area contributed by atoms with Crippen LogP contribution in [0.2, 0.25) is 5.02 Å². The molecule has 0 saturated carbocycles. The number of halogens is 1. The van der Waals surface area contributed by atoms with Crippen LogP contribution in [0.3, 0.4) is 0 Å². The molecule has 1 heterocycles. The van der Waals surface area contributed by atoms with Crippen LogP contribution in [0.4, 0.5) is 4.79 Å². The number of nitrogens with one attached hydrogen (secondary N) is 1. The van der Waals surface area contributed by atoms with Crippen molar-refractivity contribution in [3.8, 4) is 5.75 Å². The van der Waals surface area contributed by atoms with Crippen molar-refractivity contribution >= 4 is 28.7 Å². The Morgan fingerprint density at radius 2 is 2.12 bits per heavy atom. The zero-order valence-electron chi connectivity index (χ0n) is 13.5. The zero-order valence-corrected chi connectivity index (χ0v) is 14.2. The molecule has 7 heteroatoms. The van der Waals surface area contributed by atoms with E-state index < -0.39 is 11.7 Å². The molecule has 0 fully saturated rings. The quantitative estimate of drug-likeness (QED) is 0.577. The number of carbonyl (C=O) groups is 1. The average molecular weight is 354 g/mol. The van der Waals surface area contributed by atoms with Gasteiger partial charge in [-0.3, -0.25) is 0 Å². The van der Waals surface area contributed by atoms with Crippen LogP contribution < -0.4 is 15.7 Å². The summed E-state index contributed by atoms with van der Waals surface area (Å²) in [6, 6.07) is 6.32. The Kier molecular flexibility index (Phi) is 6.93. The second kappa shape index (κ2) is 9.17. The lowest BCUT2D eigenvalue weighted by Crippen LogP contribution is -2.26. The van der Waals surface area contributed by atoms with Gasteiger partial charge in [0.2, 0.25) is 0 Å². The first-order valence-corrected chi connectivity index (χ1v) is 8.25. The van der Waals surface area contributed by atoms with E-state index in [1.165, 1.54) is 6.07 Å². The van der Waals surface area contributed by atoms with E-state index in [0.29, 0.717) is 47.9 Å². The van der Waals surface area contributed by atoms with Gasteiger partial charge in [-0.2, -0.15) is 0 Å². The lowest BCUT2D eigenvalue weighted by Gasteiger charge is -2.10. The van der Waals surface area contributed by atoms with Gasteiger partial charge in [-0.05, 0) is 25.0 Å². The largest absolute Gasteiger partial charge is 0.492 e. The molecule has 0 bridgehead atoms. The minimum Gasteiger partial charge on any atom is -0.492 e. The van der Waals surface area contributed by atoms with E-state index in [4.69, 9.17) is 25.5 Å². The van der Waals surface area contributed by atoms with Crippen molar-refractivity contribution in [1.29, 1.82) is 0 Å². The van der Waals surface area contributed by atoms with Gasteiger partial charge in [0.05, 0.1) is 29.7 Å². The molecule has 0 aliphatic heterocycles. The first-order valence-electron chi connectivity index (χ1n) is 7.87. The van der Waals surface area contributed by atoms with Gasteiger partial charge in [0.1, 0.15) is 11.3 Å². The SMILES string of the molecule is CCCCOC(=O)NCCCOc1cc(=O)oc2cccc(Cl)c12. The van der Waals surface area contributed by atoms with Crippen LogP contribution in [-0.4, -0.2) is 25.9 Å². The smallest absolute Gasteiger partial charge is 0.407 e. The van der Waals surface area contributed by atoms with E-state index >= 15 is 0 Å². The van der Waals surface area contributed by atoms with Gasteiger partial charge in [-0.15, -0.1) is 0 Å². The summed E-state index contributed by atoms with van der Waals surface area (Å²) in [5.74, 6) is 0.373. The van der Waals surface area contributed by atoms with Crippen molar-refractivity contribution in [3.63, 3.8) is 0 Å². The Hall–Kier alpha value is -2.21. The Labute approximate surface area is 144 Å².